The molecule has 0 aliphatic rings. The van der Waals surface area contributed by atoms with Crippen LogP contribution in [0.4, 0.5) is 10.1 Å². The summed E-state index contributed by atoms with van der Waals surface area (Å²) in [5.41, 5.74) is 3.12. The molecule has 0 saturated carbocycles. The third-order valence-electron chi connectivity index (χ3n) is 3.30. The van der Waals surface area contributed by atoms with E-state index in [1.54, 1.807) is 19.2 Å². The van der Waals surface area contributed by atoms with Crippen LogP contribution >= 0.6 is 0 Å². The van der Waals surface area contributed by atoms with Crippen molar-refractivity contribution in [2.45, 2.75) is 26.3 Å². The van der Waals surface area contributed by atoms with E-state index >= 15 is 0 Å². The molecule has 0 heterocycles. The van der Waals surface area contributed by atoms with Crippen LogP contribution in [-0.2, 0) is 6.42 Å². The highest BCUT2D eigenvalue weighted by atomic mass is 19.1. The van der Waals surface area contributed by atoms with Crippen LogP contribution in [0.15, 0.2) is 42.5 Å². The van der Waals surface area contributed by atoms with Crippen molar-refractivity contribution < 1.29 is 9.13 Å². The molecule has 0 aliphatic carbocycles. The molecule has 2 aromatic rings. The number of hydrogen-bond donors (Lipinski definition) is 1. The maximum Gasteiger partial charge on any atom is 0.125 e. The van der Waals surface area contributed by atoms with Crippen LogP contribution in [0.3, 0.4) is 0 Å². The Hall–Kier alpha value is -2.03. The van der Waals surface area contributed by atoms with Gasteiger partial charge in [0.1, 0.15) is 11.6 Å². The molecular weight excluding hydrogens is 253 g/mol. The van der Waals surface area contributed by atoms with Crippen LogP contribution < -0.4 is 10.1 Å². The minimum absolute atomic E-state index is 0.213. The van der Waals surface area contributed by atoms with Gasteiger partial charge >= 0.3 is 0 Å². The van der Waals surface area contributed by atoms with Crippen molar-refractivity contribution in [1.82, 2.24) is 0 Å². The van der Waals surface area contributed by atoms with Gasteiger partial charge in [0, 0.05) is 11.7 Å². The van der Waals surface area contributed by atoms with Gasteiger partial charge in [-0.25, -0.2) is 4.39 Å². The fraction of sp³-hybridized carbons (Fsp3) is 0.294. The van der Waals surface area contributed by atoms with Crippen molar-refractivity contribution >= 4 is 5.69 Å². The van der Waals surface area contributed by atoms with Crippen LogP contribution in [0.5, 0.6) is 5.75 Å². The zero-order valence-corrected chi connectivity index (χ0v) is 12.1. The van der Waals surface area contributed by atoms with Gasteiger partial charge in [-0.05, 0) is 55.7 Å². The smallest absolute Gasteiger partial charge is 0.125 e. The molecule has 0 radical (unpaired) electrons. The molecule has 1 N–H and O–H groups in total. The summed E-state index contributed by atoms with van der Waals surface area (Å²) >= 11 is 0. The Morgan fingerprint density at radius 2 is 1.85 bits per heavy atom. The normalized spacial score (nSPS) is 12.0. The fourth-order valence-electron chi connectivity index (χ4n) is 2.18. The lowest BCUT2D eigenvalue weighted by atomic mass is 10.1. The number of nitrogens with one attached hydrogen (secondary N) is 1. The molecular formula is C17H20FNO. The van der Waals surface area contributed by atoms with E-state index in [2.05, 4.69) is 24.4 Å². The van der Waals surface area contributed by atoms with Gasteiger partial charge in [-0.2, -0.15) is 0 Å². The number of anilines is 1. The molecule has 2 nitrogen and oxygen atoms in total. The highest BCUT2D eigenvalue weighted by Crippen LogP contribution is 2.19. The van der Waals surface area contributed by atoms with Gasteiger partial charge in [0.05, 0.1) is 7.11 Å². The number of rotatable bonds is 5. The van der Waals surface area contributed by atoms with E-state index in [1.807, 2.05) is 19.1 Å². The molecule has 0 aromatic heterocycles. The topological polar surface area (TPSA) is 21.3 Å². The van der Waals surface area contributed by atoms with E-state index in [9.17, 15) is 4.39 Å². The van der Waals surface area contributed by atoms with E-state index < -0.39 is 0 Å². The molecule has 2 rings (SSSR count). The Bertz CT molecular complexity index is 566. The lowest BCUT2D eigenvalue weighted by Crippen LogP contribution is -2.18. The standard InChI is InChI=1S/C17H20FNO/c1-12-4-7-15(18)11-17(12)19-13(2)10-14-5-8-16(20-3)9-6-14/h4-9,11,13,19H,10H2,1-3H3. The SMILES string of the molecule is COc1ccc(CC(C)Nc2cc(F)ccc2C)cc1. The largest absolute Gasteiger partial charge is 0.497 e. The van der Waals surface area contributed by atoms with Gasteiger partial charge in [-0.3, -0.25) is 0 Å². The van der Waals surface area contributed by atoms with Crippen molar-refractivity contribution in [2.75, 3.05) is 12.4 Å². The molecule has 3 heteroatoms. The van der Waals surface area contributed by atoms with Gasteiger partial charge in [-0.15, -0.1) is 0 Å². The Morgan fingerprint density at radius 3 is 2.50 bits per heavy atom. The Labute approximate surface area is 119 Å². The monoisotopic (exact) mass is 273 g/mol. The summed E-state index contributed by atoms with van der Waals surface area (Å²) in [4.78, 5) is 0. The van der Waals surface area contributed by atoms with E-state index in [4.69, 9.17) is 4.74 Å². The number of ether oxygens (including phenoxy) is 1. The fourth-order valence-corrected chi connectivity index (χ4v) is 2.18. The van der Waals surface area contributed by atoms with Crippen LogP contribution in [0.25, 0.3) is 0 Å². The number of halogens is 1. The van der Waals surface area contributed by atoms with Crippen molar-refractivity contribution in [3.8, 4) is 5.75 Å². The molecule has 2 aromatic carbocycles. The predicted octanol–water partition coefficient (Wildman–Crippen LogP) is 4.19. The third-order valence-corrected chi connectivity index (χ3v) is 3.30. The van der Waals surface area contributed by atoms with Gasteiger partial charge in [-0.1, -0.05) is 18.2 Å². The first-order chi connectivity index (χ1) is 9.58. The first kappa shape index (κ1) is 14.4. The second kappa shape index (κ2) is 6.42. The van der Waals surface area contributed by atoms with Gasteiger partial charge in [0.25, 0.3) is 0 Å². The summed E-state index contributed by atoms with van der Waals surface area (Å²) in [6, 6.07) is 13.0. The lowest BCUT2D eigenvalue weighted by Gasteiger charge is -2.17. The van der Waals surface area contributed by atoms with Crippen molar-refractivity contribution in [3.05, 3.63) is 59.4 Å². The molecule has 1 atom stereocenters. The molecule has 0 amide bonds. The molecule has 0 fully saturated rings. The van der Waals surface area contributed by atoms with Crippen molar-refractivity contribution in [1.29, 1.82) is 0 Å². The second-order valence-electron chi connectivity index (χ2n) is 5.06. The zero-order valence-electron chi connectivity index (χ0n) is 12.1. The number of methoxy groups -OCH3 is 1. The second-order valence-corrected chi connectivity index (χ2v) is 5.06. The summed E-state index contributed by atoms with van der Waals surface area (Å²) in [7, 11) is 1.66. The maximum atomic E-state index is 13.3. The minimum atomic E-state index is -0.213. The molecule has 20 heavy (non-hydrogen) atoms. The van der Waals surface area contributed by atoms with Crippen molar-refractivity contribution in [3.63, 3.8) is 0 Å². The molecule has 1 unspecified atom stereocenters. The number of aryl methyl sites for hydroxylation is 1. The summed E-state index contributed by atoms with van der Waals surface area (Å²) in [6.07, 6.45) is 0.875. The maximum absolute atomic E-state index is 13.3. The lowest BCUT2D eigenvalue weighted by molar-refractivity contribution is 0.414. The summed E-state index contributed by atoms with van der Waals surface area (Å²) in [5.74, 6) is 0.644. The Kier molecular flexibility index (Phi) is 4.61. The molecule has 0 aliphatic heterocycles. The van der Waals surface area contributed by atoms with E-state index in [0.29, 0.717) is 0 Å². The summed E-state index contributed by atoms with van der Waals surface area (Å²) in [6.45, 7) is 4.07. The average molecular weight is 273 g/mol. The van der Waals surface area contributed by atoms with Gasteiger partial charge in [0.15, 0.2) is 0 Å². The van der Waals surface area contributed by atoms with Gasteiger partial charge < -0.3 is 10.1 Å². The van der Waals surface area contributed by atoms with Gasteiger partial charge in [0.2, 0.25) is 0 Å². The van der Waals surface area contributed by atoms with Crippen LogP contribution in [-0.4, -0.2) is 13.2 Å². The summed E-state index contributed by atoms with van der Waals surface area (Å²) < 4.78 is 18.4. The summed E-state index contributed by atoms with van der Waals surface area (Å²) in [5, 5.41) is 3.36. The quantitative estimate of drug-likeness (QED) is 0.882. The number of hydrogen-bond acceptors (Lipinski definition) is 2. The third kappa shape index (κ3) is 3.73. The van der Waals surface area contributed by atoms with E-state index in [1.165, 1.54) is 11.6 Å². The highest BCUT2D eigenvalue weighted by molar-refractivity contribution is 5.51. The first-order valence-corrected chi connectivity index (χ1v) is 6.74. The number of benzene rings is 2. The molecule has 0 bridgehead atoms. The predicted molar refractivity (Wildman–Crippen MR) is 80.9 cm³/mol. The zero-order chi connectivity index (χ0) is 14.5. The molecule has 0 spiro atoms. The van der Waals surface area contributed by atoms with Crippen LogP contribution in [0, 0.1) is 12.7 Å². The molecule has 106 valence electrons. The highest BCUT2D eigenvalue weighted by Gasteiger charge is 2.07. The van der Waals surface area contributed by atoms with Crippen molar-refractivity contribution in [2.24, 2.45) is 0 Å². The first-order valence-electron chi connectivity index (χ1n) is 6.74. The average Bonchev–Trinajstić information content (AvgIpc) is 2.43. The Balaban J connectivity index is 2.00. The van der Waals surface area contributed by atoms with Crippen LogP contribution in [0.2, 0.25) is 0 Å². The van der Waals surface area contributed by atoms with E-state index in [-0.39, 0.29) is 11.9 Å². The van der Waals surface area contributed by atoms with E-state index in [0.717, 1.165) is 23.4 Å². The van der Waals surface area contributed by atoms with Crippen LogP contribution in [0.1, 0.15) is 18.1 Å². The minimum Gasteiger partial charge on any atom is -0.497 e. The Morgan fingerprint density at radius 1 is 1.15 bits per heavy atom. The molecule has 0 saturated heterocycles.